The van der Waals surface area contributed by atoms with E-state index in [-0.39, 0.29) is 31.3 Å². The molecule has 0 spiro atoms. The molecule has 0 heterocycles. The molecule has 3 heteroatoms. The van der Waals surface area contributed by atoms with Crippen molar-refractivity contribution in [1.82, 2.24) is 0 Å². The standard InChI is InChI=1S/C26H36N2.2CH3.Ni/c1-17(2)21-11-9-12-22(18(3)4)25(21)27-15-16-28-26-23(19(5)6)13-10-14-24(26)20(7)8;;;/h9-20H,1-8H3;2*1H3;/q;2*-1;+2. The molecule has 2 aromatic carbocycles. The molecular weight excluding hydrogens is 423 g/mol. The van der Waals surface area contributed by atoms with E-state index in [0.717, 1.165) is 11.4 Å². The van der Waals surface area contributed by atoms with Crippen molar-refractivity contribution >= 4 is 23.8 Å². The minimum atomic E-state index is 0. The quantitative estimate of drug-likeness (QED) is 0.221. The first kappa shape index (κ1) is 31.5. The second-order valence-electron chi connectivity index (χ2n) is 8.75. The van der Waals surface area contributed by atoms with Crippen molar-refractivity contribution in [2.75, 3.05) is 0 Å². The van der Waals surface area contributed by atoms with Gasteiger partial charge in [-0.2, -0.15) is 0 Å². The van der Waals surface area contributed by atoms with Crippen LogP contribution < -0.4 is 0 Å². The predicted octanol–water partition coefficient (Wildman–Crippen LogP) is 9.18. The third-order valence-electron chi connectivity index (χ3n) is 5.16. The van der Waals surface area contributed by atoms with E-state index in [1.165, 1.54) is 22.3 Å². The van der Waals surface area contributed by atoms with Crippen LogP contribution in [0.3, 0.4) is 0 Å². The number of benzene rings is 2. The van der Waals surface area contributed by atoms with Gasteiger partial charge in [-0.05, 0) is 45.9 Å². The van der Waals surface area contributed by atoms with E-state index in [9.17, 15) is 0 Å². The van der Waals surface area contributed by atoms with Gasteiger partial charge in [-0.15, -0.1) is 0 Å². The van der Waals surface area contributed by atoms with Gasteiger partial charge < -0.3 is 14.9 Å². The number of hydrogen-bond acceptors (Lipinski definition) is 2. The summed E-state index contributed by atoms with van der Waals surface area (Å²) in [4.78, 5) is 9.68. The third-order valence-corrected chi connectivity index (χ3v) is 5.16. The maximum atomic E-state index is 4.84. The second-order valence-corrected chi connectivity index (χ2v) is 8.75. The molecule has 0 N–H and O–H groups in total. The van der Waals surface area contributed by atoms with Crippen molar-refractivity contribution in [2.45, 2.75) is 79.1 Å². The Hall–Kier alpha value is -1.73. The van der Waals surface area contributed by atoms with E-state index in [4.69, 9.17) is 9.98 Å². The van der Waals surface area contributed by atoms with E-state index in [1.54, 1.807) is 0 Å². The third kappa shape index (κ3) is 8.04. The van der Waals surface area contributed by atoms with E-state index in [0.29, 0.717) is 23.7 Å². The molecule has 174 valence electrons. The van der Waals surface area contributed by atoms with Crippen LogP contribution in [0.2, 0.25) is 0 Å². The molecule has 0 atom stereocenters. The molecule has 0 aromatic heterocycles. The van der Waals surface area contributed by atoms with Crippen LogP contribution in [0, 0.1) is 14.9 Å². The first-order valence-corrected chi connectivity index (χ1v) is 10.6. The number of aliphatic imine (C=N–C) groups is 2. The molecular formula is C28H42N2Ni. The maximum Gasteiger partial charge on any atom is 2.00 e. The Bertz CT molecular complexity index is 722. The van der Waals surface area contributed by atoms with Gasteiger partial charge in [0, 0.05) is 12.4 Å². The topological polar surface area (TPSA) is 24.7 Å². The van der Waals surface area contributed by atoms with Crippen molar-refractivity contribution in [3.05, 3.63) is 73.5 Å². The number of hydrogen-bond donors (Lipinski definition) is 0. The average molecular weight is 465 g/mol. The van der Waals surface area contributed by atoms with Gasteiger partial charge in [0.25, 0.3) is 0 Å². The van der Waals surface area contributed by atoms with Crippen LogP contribution in [0.1, 0.15) is 101 Å². The molecule has 0 unspecified atom stereocenters. The number of nitrogens with zero attached hydrogens (tertiary/aromatic N) is 2. The summed E-state index contributed by atoms with van der Waals surface area (Å²) in [5.74, 6) is 1.77. The fourth-order valence-electron chi connectivity index (χ4n) is 3.54. The van der Waals surface area contributed by atoms with Gasteiger partial charge in [-0.3, -0.25) is 9.98 Å². The molecule has 0 bridgehead atoms. The van der Waals surface area contributed by atoms with Gasteiger partial charge in [0.1, 0.15) is 0 Å². The summed E-state index contributed by atoms with van der Waals surface area (Å²) in [6, 6.07) is 13.0. The first-order chi connectivity index (χ1) is 13.2. The smallest absolute Gasteiger partial charge is 0.358 e. The van der Waals surface area contributed by atoms with Crippen molar-refractivity contribution in [3.63, 3.8) is 0 Å². The Kier molecular flexibility index (Phi) is 14.6. The zero-order valence-corrected chi connectivity index (χ0v) is 22.1. The van der Waals surface area contributed by atoms with E-state index in [1.807, 2.05) is 12.4 Å². The average Bonchev–Trinajstić information content (AvgIpc) is 2.64. The molecule has 0 aliphatic heterocycles. The zero-order chi connectivity index (χ0) is 20.8. The summed E-state index contributed by atoms with van der Waals surface area (Å²) in [6.45, 7) is 17.8. The maximum absolute atomic E-state index is 4.84. The molecule has 0 amide bonds. The van der Waals surface area contributed by atoms with Crippen molar-refractivity contribution in [2.24, 2.45) is 9.98 Å². The summed E-state index contributed by atoms with van der Waals surface area (Å²) in [6.07, 6.45) is 3.71. The molecule has 0 aliphatic rings. The normalized spacial score (nSPS) is 11.4. The molecule has 0 saturated heterocycles. The van der Waals surface area contributed by atoms with E-state index in [2.05, 4.69) is 91.8 Å². The van der Waals surface area contributed by atoms with Crippen molar-refractivity contribution in [1.29, 1.82) is 0 Å². The van der Waals surface area contributed by atoms with Gasteiger partial charge in [-0.25, -0.2) is 0 Å². The summed E-state index contributed by atoms with van der Waals surface area (Å²) < 4.78 is 0. The van der Waals surface area contributed by atoms with Crippen LogP contribution in [0.25, 0.3) is 0 Å². The van der Waals surface area contributed by atoms with Crippen LogP contribution in [0.15, 0.2) is 46.4 Å². The molecule has 31 heavy (non-hydrogen) atoms. The van der Waals surface area contributed by atoms with Gasteiger partial charge in [-0.1, -0.05) is 91.8 Å². The van der Waals surface area contributed by atoms with Crippen LogP contribution in [-0.4, -0.2) is 12.4 Å². The van der Waals surface area contributed by atoms with Crippen molar-refractivity contribution < 1.29 is 16.5 Å². The van der Waals surface area contributed by atoms with Gasteiger partial charge in [0.2, 0.25) is 0 Å². The Morgan fingerprint density at radius 3 is 0.935 bits per heavy atom. The summed E-state index contributed by atoms with van der Waals surface area (Å²) >= 11 is 0. The second kappa shape index (κ2) is 14.4. The predicted molar refractivity (Wildman–Crippen MR) is 138 cm³/mol. The monoisotopic (exact) mass is 464 g/mol. The Morgan fingerprint density at radius 1 is 0.516 bits per heavy atom. The van der Waals surface area contributed by atoms with Crippen molar-refractivity contribution in [3.8, 4) is 0 Å². The van der Waals surface area contributed by atoms with Gasteiger partial charge in [0.15, 0.2) is 0 Å². The molecule has 2 rings (SSSR count). The van der Waals surface area contributed by atoms with Gasteiger partial charge >= 0.3 is 16.5 Å². The Labute approximate surface area is 202 Å². The molecule has 0 aliphatic carbocycles. The fourth-order valence-corrected chi connectivity index (χ4v) is 3.54. The molecule has 0 saturated carbocycles. The van der Waals surface area contributed by atoms with Crippen LogP contribution in [0.5, 0.6) is 0 Å². The first-order valence-electron chi connectivity index (χ1n) is 10.6. The van der Waals surface area contributed by atoms with Gasteiger partial charge in [0.05, 0.1) is 11.4 Å². The number of para-hydroxylation sites is 2. The molecule has 0 radical (unpaired) electrons. The SMILES string of the molecule is CC(C)c1cccc(C(C)C)c1N=CC=Nc1c(C(C)C)cccc1C(C)C.[CH3-].[CH3-].[Ni+2]. The summed E-state index contributed by atoms with van der Waals surface area (Å²) in [5.41, 5.74) is 7.37. The fraction of sp³-hybridized carbons (Fsp3) is 0.429. The Morgan fingerprint density at radius 2 is 0.742 bits per heavy atom. The largest absolute Gasteiger partial charge is 2.00 e. The molecule has 2 aromatic rings. The molecule has 2 nitrogen and oxygen atoms in total. The Balaban J connectivity index is 0. The van der Waals surface area contributed by atoms with Crippen LogP contribution in [-0.2, 0) is 16.5 Å². The van der Waals surface area contributed by atoms with Crippen LogP contribution >= 0.6 is 0 Å². The van der Waals surface area contributed by atoms with E-state index < -0.39 is 0 Å². The number of rotatable bonds is 7. The molecule has 0 fully saturated rings. The zero-order valence-electron chi connectivity index (χ0n) is 21.1. The summed E-state index contributed by atoms with van der Waals surface area (Å²) in [5, 5.41) is 0. The van der Waals surface area contributed by atoms with Crippen LogP contribution in [0.4, 0.5) is 11.4 Å². The minimum absolute atomic E-state index is 0. The minimum Gasteiger partial charge on any atom is -0.358 e. The summed E-state index contributed by atoms with van der Waals surface area (Å²) in [7, 11) is 0. The van der Waals surface area contributed by atoms with E-state index >= 15 is 0 Å².